The molecule has 1 heterocycles. The van der Waals surface area contributed by atoms with Gasteiger partial charge in [-0.2, -0.15) is 0 Å². The van der Waals surface area contributed by atoms with Crippen LogP contribution in [0.25, 0.3) is 22.0 Å². The maximum atomic E-state index is 14.4. The summed E-state index contributed by atoms with van der Waals surface area (Å²) in [5.41, 5.74) is 2.35. The number of aromatic amines is 1. The Morgan fingerprint density at radius 2 is 1.82 bits per heavy atom. The number of nitrogens with one attached hydrogen (secondary N) is 3. The van der Waals surface area contributed by atoms with E-state index in [1.54, 1.807) is 31.2 Å². The summed E-state index contributed by atoms with van der Waals surface area (Å²) in [6.45, 7) is 5.19. The fourth-order valence-corrected chi connectivity index (χ4v) is 4.45. The SMILES string of the molecule is CNC(=O)c1cc(F)cc(-c2ccc(OC(C)C)c(C(=O)NC(C)(CO)Cc3c[nH]c4ccccc34)c2)c1. The van der Waals surface area contributed by atoms with Crippen LogP contribution in [0.5, 0.6) is 5.75 Å². The number of hydrogen-bond acceptors (Lipinski definition) is 4. The van der Waals surface area contributed by atoms with Gasteiger partial charge in [-0.3, -0.25) is 9.59 Å². The fourth-order valence-electron chi connectivity index (χ4n) is 4.45. The van der Waals surface area contributed by atoms with Gasteiger partial charge in [-0.15, -0.1) is 0 Å². The number of fused-ring (bicyclic) bond motifs is 1. The van der Waals surface area contributed by atoms with Gasteiger partial charge in [-0.05, 0) is 80.3 Å². The van der Waals surface area contributed by atoms with Crippen LogP contribution in [-0.4, -0.2) is 47.2 Å². The Hall–Kier alpha value is -4.17. The van der Waals surface area contributed by atoms with Crippen LogP contribution in [0.3, 0.4) is 0 Å². The molecule has 4 rings (SSSR count). The van der Waals surface area contributed by atoms with Crippen LogP contribution in [0, 0.1) is 5.82 Å². The number of carbonyl (C=O) groups excluding carboxylic acids is 2. The topological polar surface area (TPSA) is 103 Å². The number of carbonyl (C=O) groups is 2. The van der Waals surface area contributed by atoms with E-state index in [0.717, 1.165) is 22.5 Å². The molecule has 1 unspecified atom stereocenters. The van der Waals surface area contributed by atoms with Gasteiger partial charge >= 0.3 is 0 Å². The van der Waals surface area contributed by atoms with Crippen LogP contribution in [-0.2, 0) is 6.42 Å². The number of ether oxygens (including phenoxy) is 1. The van der Waals surface area contributed by atoms with E-state index in [1.807, 2.05) is 44.3 Å². The van der Waals surface area contributed by atoms with Crippen molar-refractivity contribution in [1.29, 1.82) is 0 Å². The van der Waals surface area contributed by atoms with E-state index >= 15 is 0 Å². The third-order valence-corrected chi connectivity index (χ3v) is 6.33. The van der Waals surface area contributed by atoms with Gasteiger partial charge in [-0.25, -0.2) is 4.39 Å². The molecule has 7 nitrogen and oxygen atoms in total. The van der Waals surface area contributed by atoms with E-state index in [1.165, 1.54) is 13.1 Å². The van der Waals surface area contributed by atoms with Crippen LogP contribution in [0.1, 0.15) is 47.1 Å². The lowest BCUT2D eigenvalue weighted by molar-refractivity contribution is 0.0846. The van der Waals surface area contributed by atoms with Gasteiger partial charge in [0, 0.05) is 29.7 Å². The summed E-state index contributed by atoms with van der Waals surface area (Å²) in [5, 5.41) is 16.8. The van der Waals surface area contributed by atoms with Gasteiger partial charge in [0.15, 0.2) is 0 Å². The highest BCUT2D eigenvalue weighted by Crippen LogP contribution is 2.30. The van der Waals surface area contributed by atoms with Crippen molar-refractivity contribution >= 4 is 22.7 Å². The van der Waals surface area contributed by atoms with E-state index in [2.05, 4.69) is 15.6 Å². The van der Waals surface area contributed by atoms with Crippen molar-refractivity contribution < 1.29 is 23.8 Å². The Morgan fingerprint density at radius 1 is 1.05 bits per heavy atom. The summed E-state index contributed by atoms with van der Waals surface area (Å²) in [6, 6.07) is 16.9. The van der Waals surface area contributed by atoms with Gasteiger partial charge in [0.1, 0.15) is 11.6 Å². The Kier molecular flexibility index (Phi) is 7.83. The summed E-state index contributed by atoms with van der Waals surface area (Å²) < 4.78 is 20.3. The molecule has 1 aromatic heterocycles. The molecule has 38 heavy (non-hydrogen) atoms. The summed E-state index contributed by atoms with van der Waals surface area (Å²) >= 11 is 0. The van der Waals surface area contributed by atoms with Crippen molar-refractivity contribution in [3.05, 3.63) is 89.4 Å². The highest BCUT2D eigenvalue weighted by atomic mass is 19.1. The van der Waals surface area contributed by atoms with Crippen molar-refractivity contribution in [3.8, 4) is 16.9 Å². The first-order valence-corrected chi connectivity index (χ1v) is 12.4. The molecule has 0 aliphatic carbocycles. The highest BCUT2D eigenvalue weighted by Gasteiger charge is 2.29. The van der Waals surface area contributed by atoms with Gasteiger partial charge in [0.05, 0.1) is 23.8 Å². The lowest BCUT2D eigenvalue weighted by atomic mass is 9.92. The number of aliphatic hydroxyl groups is 1. The number of H-pyrrole nitrogens is 1. The summed E-state index contributed by atoms with van der Waals surface area (Å²) in [5.74, 6) is -1.07. The fraction of sp³-hybridized carbons (Fsp3) is 0.267. The zero-order chi connectivity index (χ0) is 27.4. The van der Waals surface area contributed by atoms with E-state index in [4.69, 9.17) is 4.74 Å². The average molecular weight is 518 g/mol. The molecule has 0 bridgehead atoms. The van der Waals surface area contributed by atoms with E-state index in [9.17, 15) is 19.1 Å². The molecule has 2 amide bonds. The predicted octanol–water partition coefficient (Wildman–Crippen LogP) is 4.84. The molecule has 0 aliphatic heterocycles. The Morgan fingerprint density at radius 3 is 2.53 bits per heavy atom. The smallest absolute Gasteiger partial charge is 0.255 e. The Balaban J connectivity index is 1.69. The summed E-state index contributed by atoms with van der Waals surface area (Å²) in [4.78, 5) is 29.0. The predicted molar refractivity (Wildman–Crippen MR) is 146 cm³/mol. The van der Waals surface area contributed by atoms with Crippen LogP contribution in [0.15, 0.2) is 66.9 Å². The monoisotopic (exact) mass is 517 g/mol. The van der Waals surface area contributed by atoms with Crippen LogP contribution in [0.4, 0.5) is 4.39 Å². The lowest BCUT2D eigenvalue weighted by Gasteiger charge is -2.29. The molecule has 198 valence electrons. The number of para-hydroxylation sites is 1. The van der Waals surface area contributed by atoms with Gasteiger partial charge in [-0.1, -0.05) is 24.3 Å². The third kappa shape index (κ3) is 5.86. The van der Waals surface area contributed by atoms with Gasteiger partial charge in [0.2, 0.25) is 0 Å². The molecular formula is C30H32FN3O4. The van der Waals surface area contributed by atoms with Crippen molar-refractivity contribution in [1.82, 2.24) is 15.6 Å². The molecule has 4 aromatic rings. The minimum Gasteiger partial charge on any atom is -0.490 e. The number of rotatable bonds is 9. The highest BCUT2D eigenvalue weighted by molar-refractivity contribution is 5.99. The van der Waals surface area contributed by atoms with Crippen molar-refractivity contribution in [2.75, 3.05) is 13.7 Å². The van der Waals surface area contributed by atoms with E-state index in [-0.39, 0.29) is 23.8 Å². The average Bonchev–Trinajstić information content (AvgIpc) is 3.30. The van der Waals surface area contributed by atoms with Gasteiger partial charge < -0.3 is 25.5 Å². The molecule has 0 aliphatic rings. The third-order valence-electron chi connectivity index (χ3n) is 6.33. The maximum Gasteiger partial charge on any atom is 0.255 e. The molecule has 4 N–H and O–H groups in total. The van der Waals surface area contributed by atoms with E-state index < -0.39 is 23.2 Å². The van der Waals surface area contributed by atoms with Crippen LogP contribution >= 0.6 is 0 Å². The minimum atomic E-state index is -0.974. The first kappa shape index (κ1) is 26.9. The van der Waals surface area contributed by atoms with Crippen molar-refractivity contribution in [3.63, 3.8) is 0 Å². The standard InChI is InChI=1S/C30H32FN3O4/c1-18(2)38-27-10-9-19(20-11-21(28(36)32-4)13-23(31)12-20)14-25(27)29(37)34-30(3,17-35)15-22-16-33-26-8-6-5-7-24(22)26/h5-14,16,18,33,35H,15,17H2,1-4H3,(H,32,36)(H,34,37). The molecule has 0 fully saturated rings. The summed E-state index contributed by atoms with van der Waals surface area (Å²) in [7, 11) is 1.47. The zero-order valence-corrected chi connectivity index (χ0v) is 21.9. The van der Waals surface area contributed by atoms with Crippen LogP contribution in [0.2, 0.25) is 0 Å². The normalized spacial score (nSPS) is 12.8. The second-order valence-electron chi connectivity index (χ2n) is 9.89. The molecule has 3 aromatic carbocycles. The number of hydrogen-bond donors (Lipinski definition) is 4. The first-order chi connectivity index (χ1) is 18.1. The van der Waals surface area contributed by atoms with Crippen LogP contribution < -0.4 is 15.4 Å². The second kappa shape index (κ2) is 11.1. The number of benzene rings is 3. The second-order valence-corrected chi connectivity index (χ2v) is 9.89. The lowest BCUT2D eigenvalue weighted by Crippen LogP contribution is -2.50. The molecule has 8 heteroatoms. The van der Waals surface area contributed by atoms with Crippen molar-refractivity contribution in [2.45, 2.75) is 38.8 Å². The molecule has 0 spiro atoms. The molecule has 0 saturated carbocycles. The maximum absolute atomic E-state index is 14.4. The number of aliphatic hydroxyl groups excluding tert-OH is 1. The molecule has 0 radical (unpaired) electrons. The Bertz CT molecular complexity index is 1480. The van der Waals surface area contributed by atoms with Gasteiger partial charge in [0.25, 0.3) is 11.8 Å². The van der Waals surface area contributed by atoms with Crippen molar-refractivity contribution in [2.24, 2.45) is 0 Å². The molecule has 0 saturated heterocycles. The Labute approximate surface area is 221 Å². The molecule has 1 atom stereocenters. The quantitative estimate of drug-likeness (QED) is 0.255. The summed E-state index contributed by atoms with van der Waals surface area (Å²) in [6.07, 6.45) is 2.07. The largest absolute Gasteiger partial charge is 0.490 e. The number of halogens is 1. The first-order valence-electron chi connectivity index (χ1n) is 12.4. The zero-order valence-electron chi connectivity index (χ0n) is 21.9. The van der Waals surface area contributed by atoms with E-state index in [0.29, 0.717) is 23.3 Å². The minimum absolute atomic E-state index is 0.169. The number of aromatic nitrogens is 1. The number of amides is 2. The molecular weight excluding hydrogens is 485 g/mol.